The molecule has 25 heavy (non-hydrogen) atoms. The summed E-state index contributed by atoms with van der Waals surface area (Å²) < 4.78 is 11.8. The summed E-state index contributed by atoms with van der Waals surface area (Å²) in [7, 11) is 0. The van der Waals surface area contributed by atoms with Crippen LogP contribution in [0.15, 0.2) is 53.6 Å². The summed E-state index contributed by atoms with van der Waals surface area (Å²) in [5.41, 5.74) is 3.51. The molecule has 0 spiro atoms. The minimum Gasteiger partial charge on any atom is -0.494 e. The molecular formula is C21H24N2O2. The van der Waals surface area contributed by atoms with Crippen molar-refractivity contribution in [2.45, 2.75) is 45.4 Å². The lowest BCUT2D eigenvalue weighted by Gasteiger charge is -2.38. The number of para-hydroxylation sites is 1. The second kappa shape index (κ2) is 6.79. The average Bonchev–Trinajstić information content (AvgIpc) is 3.09. The lowest BCUT2D eigenvalue weighted by molar-refractivity contribution is -0.0223. The van der Waals surface area contributed by atoms with Gasteiger partial charge in [-0.1, -0.05) is 31.5 Å². The summed E-state index contributed by atoms with van der Waals surface area (Å²) in [6.45, 7) is 4.87. The molecule has 4 rings (SSSR count). The number of hydrogen-bond acceptors (Lipinski definition) is 4. The highest BCUT2D eigenvalue weighted by atomic mass is 16.5. The molecule has 4 heteroatoms. The van der Waals surface area contributed by atoms with Crippen LogP contribution in [0.1, 0.15) is 50.3 Å². The highest BCUT2D eigenvalue weighted by molar-refractivity contribution is 6.02. The van der Waals surface area contributed by atoms with Gasteiger partial charge in [-0.25, -0.2) is 0 Å². The van der Waals surface area contributed by atoms with Gasteiger partial charge in [0.2, 0.25) is 0 Å². The Kier molecular flexibility index (Phi) is 4.35. The number of ether oxygens (including phenoxy) is 2. The van der Waals surface area contributed by atoms with Crippen molar-refractivity contribution in [2.24, 2.45) is 5.10 Å². The van der Waals surface area contributed by atoms with E-state index in [0.29, 0.717) is 6.61 Å². The molecule has 0 aromatic heterocycles. The summed E-state index contributed by atoms with van der Waals surface area (Å²) in [6, 6.07) is 16.9. The van der Waals surface area contributed by atoms with Crippen molar-refractivity contribution in [1.29, 1.82) is 0 Å². The summed E-state index contributed by atoms with van der Waals surface area (Å²) in [5.74, 6) is 1.91. The van der Waals surface area contributed by atoms with Gasteiger partial charge in [0, 0.05) is 18.4 Å². The van der Waals surface area contributed by atoms with Gasteiger partial charge in [-0.15, -0.1) is 0 Å². The number of benzene rings is 2. The highest BCUT2D eigenvalue weighted by Gasteiger charge is 2.39. The number of hydrogen-bond donors (Lipinski definition) is 0. The van der Waals surface area contributed by atoms with Gasteiger partial charge in [-0.2, -0.15) is 5.10 Å². The Morgan fingerprint density at radius 1 is 1.12 bits per heavy atom. The Bertz CT molecular complexity index is 770. The predicted octanol–water partition coefficient (Wildman–Crippen LogP) is 4.76. The van der Waals surface area contributed by atoms with E-state index in [-0.39, 0.29) is 12.3 Å². The molecule has 0 unspecified atom stereocenters. The number of hydrazone groups is 1. The molecule has 2 atom stereocenters. The van der Waals surface area contributed by atoms with E-state index in [0.717, 1.165) is 42.0 Å². The molecule has 0 radical (unpaired) electrons. The van der Waals surface area contributed by atoms with E-state index in [9.17, 15) is 0 Å². The maximum Gasteiger partial charge on any atom is 0.187 e. The molecule has 130 valence electrons. The van der Waals surface area contributed by atoms with Crippen molar-refractivity contribution in [2.75, 3.05) is 6.61 Å². The van der Waals surface area contributed by atoms with Gasteiger partial charge in [0.15, 0.2) is 6.23 Å². The topological polar surface area (TPSA) is 34.1 Å². The van der Waals surface area contributed by atoms with Crippen LogP contribution in [0.4, 0.5) is 0 Å². The number of fused-ring (bicyclic) bond motifs is 3. The van der Waals surface area contributed by atoms with Crippen LogP contribution < -0.4 is 9.47 Å². The van der Waals surface area contributed by atoms with Crippen LogP contribution in [0.5, 0.6) is 11.5 Å². The molecule has 2 aromatic rings. The Labute approximate surface area is 149 Å². The first-order valence-corrected chi connectivity index (χ1v) is 9.14. The van der Waals surface area contributed by atoms with Gasteiger partial charge in [0.1, 0.15) is 11.5 Å². The third-order valence-corrected chi connectivity index (χ3v) is 4.81. The van der Waals surface area contributed by atoms with Gasteiger partial charge >= 0.3 is 0 Å². The zero-order valence-electron chi connectivity index (χ0n) is 14.8. The Morgan fingerprint density at radius 3 is 2.68 bits per heavy atom. The fourth-order valence-corrected chi connectivity index (χ4v) is 3.63. The Morgan fingerprint density at radius 2 is 1.92 bits per heavy atom. The highest BCUT2D eigenvalue weighted by Crippen LogP contribution is 2.43. The normalized spacial score (nSPS) is 21.2. The molecule has 2 aliphatic heterocycles. The van der Waals surface area contributed by atoms with Crippen LogP contribution in [0.2, 0.25) is 0 Å². The van der Waals surface area contributed by atoms with Crippen molar-refractivity contribution in [3.8, 4) is 11.5 Å². The van der Waals surface area contributed by atoms with E-state index in [2.05, 4.69) is 42.3 Å². The SMILES string of the molecule is CCC[C@@H]1Oc2ccccc2[C@@H]2CC(c3ccc(OCC)cc3)=NN12. The van der Waals surface area contributed by atoms with E-state index >= 15 is 0 Å². The second-order valence-corrected chi connectivity index (χ2v) is 6.50. The van der Waals surface area contributed by atoms with Crippen molar-refractivity contribution in [3.63, 3.8) is 0 Å². The summed E-state index contributed by atoms with van der Waals surface area (Å²) in [6.07, 6.45) is 2.98. The standard InChI is InChI=1S/C21H24N2O2/c1-3-7-21-23-19(17-8-5-6-9-20(17)25-21)14-18(22-23)15-10-12-16(13-11-15)24-4-2/h5-6,8-13,19,21H,3-4,7,14H2,1-2H3/t19-,21-/m0/s1. The molecule has 2 aromatic carbocycles. The molecule has 2 heterocycles. The van der Waals surface area contributed by atoms with Crippen molar-refractivity contribution in [3.05, 3.63) is 59.7 Å². The summed E-state index contributed by atoms with van der Waals surface area (Å²) >= 11 is 0. The van der Waals surface area contributed by atoms with E-state index in [1.807, 2.05) is 25.1 Å². The monoisotopic (exact) mass is 336 g/mol. The first-order valence-electron chi connectivity index (χ1n) is 9.14. The minimum absolute atomic E-state index is 0.0186. The molecule has 0 saturated heterocycles. The number of rotatable bonds is 5. The quantitative estimate of drug-likeness (QED) is 0.790. The van der Waals surface area contributed by atoms with Crippen molar-refractivity contribution in [1.82, 2.24) is 5.01 Å². The van der Waals surface area contributed by atoms with E-state index in [4.69, 9.17) is 14.6 Å². The zero-order chi connectivity index (χ0) is 17.2. The molecule has 0 amide bonds. The largest absolute Gasteiger partial charge is 0.494 e. The molecule has 0 saturated carbocycles. The maximum absolute atomic E-state index is 6.22. The maximum atomic E-state index is 6.22. The zero-order valence-corrected chi connectivity index (χ0v) is 14.8. The van der Waals surface area contributed by atoms with Crippen LogP contribution in [-0.4, -0.2) is 23.6 Å². The molecule has 0 bridgehead atoms. The van der Waals surface area contributed by atoms with Crippen molar-refractivity contribution >= 4 is 5.71 Å². The molecule has 4 nitrogen and oxygen atoms in total. The second-order valence-electron chi connectivity index (χ2n) is 6.50. The smallest absolute Gasteiger partial charge is 0.187 e. The lowest BCUT2D eigenvalue weighted by atomic mass is 9.96. The van der Waals surface area contributed by atoms with Crippen LogP contribution >= 0.6 is 0 Å². The number of nitrogens with zero attached hydrogens (tertiary/aromatic N) is 2. The van der Waals surface area contributed by atoms with E-state index < -0.39 is 0 Å². The fraction of sp³-hybridized carbons (Fsp3) is 0.381. The molecule has 0 fully saturated rings. The van der Waals surface area contributed by atoms with Gasteiger partial charge in [0.05, 0.1) is 18.4 Å². The van der Waals surface area contributed by atoms with E-state index in [1.165, 1.54) is 5.56 Å². The molecule has 0 aliphatic carbocycles. The van der Waals surface area contributed by atoms with E-state index in [1.54, 1.807) is 0 Å². The first-order chi connectivity index (χ1) is 12.3. The third kappa shape index (κ3) is 2.97. The summed E-state index contributed by atoms with van der Waals surface area (Å²) in [5, 5.41) is 7.10. The Hall–Kier alpha value is -2.49. The van der Waals surface area contributed by atoms with Gasteiger partial charge in [-0.05, 0) is 42.8 Å². The molecule has 2 aliphatic rings. The van der Waals surface area contributed by atoms with Crippen LogP contribution in [0.25, 0.3) is 0 Å². The lowest BCUT2D eigenvalue weighted by Crippen LogP contribution is -2.40. The van der Waals surface area contributed by atoms with Crippen LogP contribution in [0.3, 0.4) is 0 Å². The molecule has 0 N–H and O–H groups in total. The Balaban J connectivity index is 1.64. The average molecular weight is 336 g/mol. The fourth-order valence-electron chi connectivity index (χ4n) is 3.63. The van der Waals surface area contributed by atoms with Crippen LogP contribution in [-0.2, 0) is 0 Å². The van der Waals surface area contributed by atoms with Gasteiger partial charge in [0.25, 0.3) is 0 Å². The van der Waals surface area contributed by atoms with Gasteiger partial charge in [-0.3, -0.25) is 5.01 Å². The van der Waals surface area contributed by atoms with Gasteiger partial charge < -0.3 is 9.47 Å². The van der Waals surface area contributed by atoms with Crippen LogP contribution in [0, 0.1) is 0 Å². The third-order valence-electron chi connectivity index (χ3n) is 4.81. The molecular weight excluding hydrogens is 312 g/mol. The first kappa shape index (κ1) is 16.0. The van der Waals surface area contributed by atoms with Crippen molar-refractivity contribution < 1.29 is 9.47 Å². The predicted molar refractivity (Wildman–Crippen MR) is 99.1 cm³/mol. The summed E-state index contributed by atoms with van der Waals surface area (Å²) in [4.78, 5) is 0. The minimum atomic E-state index is 0.0186.